The molecule has 0 aliphatic rings. The van der Waals surface area contributed by atoms with Crippen LogP contribution in [-0.2, 0) is 18.4 Å². The van der Waals surface area contributed by atoms with Crippen molar-refractivity contribution in [2.24, 2.45) is 0 Å². The van der Waals surface area contributed by atoms with Crippen LogP contribution in [0, 0.1) is 0 Å². The normalized spacial score (nSPS) is 13.8. The number of hydrogen-bond donors (Lipinski definition) is 2. The van der Waals surface area contributed by atoms with Crippen LogP contribution in [0.2, 0.25) is 0 Å². The lowest BCUT2D eigenvalue weighted by atomic mass is 10.0. The molecule has 1 amide bonds. The molecule has 9 heteroatoms. The molecular formula is C58H119N2O6P. The van der Waals surface area contributed by atoms with Gasteiger partial charge in [0, 0.05) is 6.42 Å². The van der Waals surface area contributed by atoms with Crippen LogP contribution in [0.5, 0.6) is 0 Å². The number of aliphatic hydroxyl groups is 1. The number of nitrogens with zero attached hydrogens (tertiary/aromatic N) is 1. The molecule has 0 aromatic rings. The Balaban J connectivity index is 4.09. The molecule has 0 bridgehead atoms. The quantitative estimate of drug-likeness (QED) is 0.0357. The molecule has 0 saturated heterocycles. The molecule has 0 aliphatic carbocycles. The smallest absolute Gasteiger partial charge is 0.268 e. The van der Waals surface area contributed by atoms with Gasteiger partial charge in [0.2, 0.25) is 5.91 Å². The van der Waals surface area contributed by atoms with E-state index in [1.165, 1.54) is 250 Å². The molecule has 0 rings (SSSR count). The molecule has 402 valence electrons. The van der Waals surface area contributed by atoms with Crippen molar-refractivity contribution in [1.29, 1.82) is 0 Å². The first-order valence-corrected chi connectivity index (χ1v) is 31.3. The third-order valence-electron chi connectivity index (χ3n) is 14.1. The van der Waals surface area contributed by atoms with Crippen LogP contribution in [0.4, 0.5) is 0 Å². The van der Waals surface area contributed by atoms with E-state index < -0.39 is 20.0 Å². The number of likely N-dealkylation sites (N-methyl/N-ethyl adjacent to an activating group) is 1. The SMILES string of the molecule is CCCCCCCCCCCCCCCCCCCCCCCCCCCC(=O)NC(COP(=O)([O-])OCC[N+](C)(C)C)C(O)CCCCCCCCCCCCCCCCCCCCCC. The van der Waals surface area contributed by atoms with Crippen molar-refractivity contribution < 1.29 is 32.9 Å². The summed E-state index contributed by atoms with van der Waals surface area (Å²) in [6.45, 7) is 4.78. The van der Waals surface area contributed by atoms with Gasteiger partial charge in [-0.25, -0.2) is 0 Å². The Morgan fingerprint density at radius 3 is 1.01 bits per heavy atom. The van der Waals surface area contributed by atoms with E-state index in [4.69, 9.17) is 9.05 Å². The Kier molecular flexibility index (Phi) is 50.1. The lowest BCUT2D eigenvalue weighted by Crippen LogP contribution is -2.46. The minimum Gasteiger partial charge on any atom is -0.756 e. The number of amides is 1. The maximum Gasteiger partial charge on any atom is 0.268 e. The zero-order valence-electron chi connectivity index (χ0n) is 45.9. The van der Waals surface area contributed by atoms with Gasteiger partial charge in [-0.05, 0) is 12.8 Å². The first-order chi connectivity index (χ1) is 32.5. The van der Waals surface area contributed by atoms with Crippen LogP contribution in [0.15, 0.2) is 0 Å². The number of phosphoric acid groups is 1. The second-order valence-electron chi connectivity index (χ2n) is 22.1. The molecule has 2 N–H and O–H groups in total. The second-order valence-corrected chi connectivity index (χ2v) is 23.5. The predicted octanol–water partition coefficient (Wildman–Crippen LogP) is 17.4. The molecule has 3 atom stereocenters. The summed E-state index contributed by atoms with van der Waals surface area (Å²) >= 11 is 0. The van der Waals surface area contributed by atoms with Gasteiger partial charge in [0.05, 0.1) is 39.9 Å². The lowest BCUT2D eigenvalue weighted by Gasteiger charge is -2.30. The Hall–Kier alpha value is -0.500. The first kappa shape index (κ1) is 66.5. The highest BCUT2D eigenvalue weighted by Gasteiger charge is 2.24. The molecule has 67 heavy (non-hydrogen) atoms. The third-order valence-corrected chi connectivity index (χ3v) is 15.1. The third kappa shape index (κ3) is 53.1. The number of unbranched alkanes of at least 4 members (excludes halogenated alkanes) is 43. The average Bonchev–Trinajstić information content (AvgIpc) is 3.29. The molecule has 0 aromatic carbocycles. The second kappa shape index (κ2) is 50.4. The largest absolute Gasteiger partial charge is 0.756 e. The maximum atomic E-state index is 13.0. The summed E-state index contributed by atoms with van der Waals surface area (Å²) in [6, 6.07) is -0.795. The highest BCUT2D eigenvalue weighted by molar-refractivity contribution is 7.45. The van der Waals surface area contributed by atoms with Crippen molar-refractivity contribution in [2.75, 3.05) is 40.9 Å². The van der Waals surface area contributed by atoms with Crippen molar-refractivity contribution in [1.82, 2.24) is 5.32 Å². The summed E-state index contributed by atoms with van der Waals surface area (Å²) in [6.07, 6.45) is 59.9. The Bertz CT molecular complexity index is 1060. The van der Waals surface area contributed by atoms with Crippen LogP contribution in [0.25, 0.3) is 0 Å². The molecule has 0 heterocycles. The number of carbonyl (C=O) groups is 1. The molecule has 3 unspecified atom stereocenters. The average molecular weight is 972 g/mol. The highest BCUT2D eigenvalue weighted by Crippen LogP contribution is 2.38. The molecule has 0 spiro atoms. The Labute approximate surface area is 419 Å². The van der Waals surface area contributed by atoms with Crippen LogP contribution < -0.4 is 10.2 Å². The number of hydrogen-bond acceptors (Lipinski definition) is 6. The van der Waals surface area contributed by atoms with Gasteiger partial charge in [-0.1, -0.05) is 296 Å². The number of aliphatic hydroxyl groups excluding tert-OH is 1. The van der Waals surface area contributed by atoms with E-state index in [9.17, 15) is 19.4 Å². The molecule has 0 aliphatic heterocycles. The van der Waals surface area contributed by atoms with Crippen LogP contribution in [0.3, 0.4) is 0 Å². The molecule has 8 nitrogen and oxygen atoms in total. The molecule has 0 aromatic heterocycles. The van der Waals surface area contributed by atoms with E-state index in [2.05, 4.69) is 19.2 Å². The van der Waals surface area contributed by atoms with Gasteiger partial charge in [-0.2, -0.15) is 0 Å². The monoisotopic (exact) mass is 971 g/mol. The molecular weight excluding hydrogens is 852 g/mol. The minimum absolute atomic E-state index is 0.0167. The van der Waals surface area contributed by atoms with Gasteiger partial charge in [0.15, 0.2) is 0 Å². The Morgan fingerprint density at radius 1 is 0.463 bits per heavy atom. The fraction of sp³-hybridized carbons (Fsp3) is 0.983. The minimum atomic E-state index is -4.57. The van der Waals surface area contributed by atoms with Crippen LogP contribution >= 0.6 is 7.82 Å². The van der Waals surface area contributed by atoms with Gasteiger partial charge in [0.25, 0.3) is 7.82 Å². The number of carbonyl (C=O) groups excluding carboxylic acids is 1. The van der Waals surface area contributed by atoms with Crippen molar-refractivity contribution >= 4 is 13.7 Å². The summed E-state index contributed by atoms with van der Waals surface area (Å²) in [4.78, 5) is 25.5. The standard InChI is InChI=1S/C58H119N2O6P/c1-6-8-10-12-14-16-18-20-22-24-26-28-29-30-31-32-34-36-38-40-42-44-46-48-50-52-58(62)59-56(55-66-67(63,64)65-54-53-60(3,4)5)57(61)51-49-47-45-43-41-39-37-35-33-27-25-23-21-19-17-15-13-11-9-7-2/h56-57,61H,6-55H2,1-5H3,(H-,59,62,63,64). The van der Waals surface area contributed by atoms with Gasteiger partial charge in [-0.15, -0.1) is 0 Å². The van der Waals surface area contributed by atoms with Gasteiger partial charge in [-0.3, -0.25) is 9.36 Å². The van der Waals surface area contributed by atoms with Gasteiger partial charge < -0.3 is 28.8 Å². The zero-order chi connectivity index (χ0) is 49.2. The van der Waals surface area contributed by atoms with Gasteiger partial charge in [0.1, 0.15) is 13.2 Å². The van der Waals surface area contributed by atoms with Crippen molar-refractivity contribution in [3.63, 3.8) is 0 Å². The fourth-order valence-corrected chi connectivity index (χ4v) is 10.1. The summed E-state index contributed by atoms with van der Waals surface area (Å²) < 4.78 is 23.4. The molecule has 0 fully saturated rings. The van der Waals surface area contributed by atoms with Crippen molar-refractivity contribution in [3.8, 4) is 0 Å². The van der Waals surface area contributed by atoms with E-state index in [1.54, 1.807) is 0 Å². The van der Waals surface area contributed by atoms with Crippen molar-refractivity contribution in [2.45, 2.75) is 328 Å². The van der Waals surface area contributed by atoms with E-state index in [0.29, 0.717) is 23.9 Å². The first-order valence-electron chi connectivity index (χ1n) is 29.9. The number of phosphoric ester groups is 1. The number of nitrogens with one attached hydrogen (secondary N) is 1. The number of rotatable bonds is 56. The summed E-state index contributed by atoms with van der Waals surface area (Å²) in [5.74, 6) is -0.156. The molecule has 0 saturated carbocycles. The maximum absolute atomic E-state index is 13.0. The number of quaternary nitrogens is 1. The summed E-state index contributed by atoms with van der Waals surface area (Å²) in [7, 11) is 1.33. The van der Waals surface area contributed by atoms with E-state index in [1.807, 2.05) is 21.1 Å². The summed E-state index contributed by atoms with van der Waals surface area (Å²) in [5, 5.41) is 14.0. The molecule has 0 radical (unpaired) electrons. The zero-order valence-corrected chi connectivity index (χ0v) is 46.8. The highest BCUT2D eigenvalue weighted by atomic mass is 31.2. The van der Waals surface area contributed by atoms with Gasteiger partial charge >= 0.3 is 0 Å². The predicted molar refractivity (Wildman–Crippen MR) is 289 cm³/mol. The van der Waals surface area contributed by atoms with E-state index in [-0.39, 0.29) is 19.1 Å². The van der Waals surface area contributed by atoms with E-state index >= 15 is 0 Å². The Morgan fingerprint density at radius 2 is 0.731 bits per heavy atom. The summed E-state index contributed by atoms with van der Waals surface area (Å²) in [5.41, 5.74) is 0. The lowest BCUT2D eigenvalue weighted by molar-refractivity contribution is -0.870. The van der Waals surface area contributed by atoms with Crippen LogP contribution in [0.1, 0.15) is 316 Å². The van der Waals surface area contributed by atoms with Crippen molar-refractivity contribution in [3.05, 3.63) is 0 Å². The fourth-order valence-electron chi connectivity index (χ4n) is 9.40. The topological polar surface area (TPSA) is 108 Å². The van der Waals surface area contributed by atoms with E-state index in [0.717, 1.165) is 38.5 Å². The van der Waals surface area contributed by atoms with Crippen LogP contribution in [-0.4, -0.2) is 68.5 Å².